The van der Waals surface area contributed by atoms with Crippen LogP contribution >= 0.6 is 23.2 Å². The highest BCUT2D eigenvalue weighted by Crippen LogP contribution is 2.25. The second-order valence-corrected chi connectivity index (χ2v) is 5.05. The summed E-state index contributed by atoms with van der Waals surface area (Å²) in [7, 11) is 0. The third kappa shape index (κ3) is 2.65. The number of benzene rings is 2. The summed E-state index contributed by atoms with van der Waals surface area (Å²) in [6, 6.07) is 13.3. The molecule has 19 heavy (non-hydrogen) atoms. The van der Waals surface area contributed by atoms with Crippen LogP contribution < -0.4 is 0 Å². The van der Waals surface area contributed by atoms with Crippen LogP contribution in [0.5, 0.6) is 0 Å². The number of fused-ring (bicyclic) bond motifs is 1. The molecule has 0 aliphatic carbocycles. The van der Waals surface area contributed by atoms with Crippen LogP contribution in [0, 0.1) is 0 Å². The fraction of sp³-hybridized carbons (Fsp3) is 0. The van der Waals surface area contributed by atoms with Crippen molar-refractivity contribution in [3.8, 4) is 0 Å². The fourth-order valence-electron chi connectivity index (χ4n) is 1.96. The van der Waals surface area contributed by atoms with Gasteiger partial charge in [0.1, 0.15) is 0 Å². The Morgan fingerprint density at radius 2 is 1.74 bits per heavy atom. The minimum Gasteiger partial charge on any atom is -0.361 e. The van der Waals surface area contributed by atoms with E-state index in [0.29, 0.717) is 10.0 Å². The molecule has 4 heteroatoms. The van der Waals surface area contributed by atoms with Gasteiger partial charge >= 0.3 is 0 Å². The van der Waals surface area contributed by atoms with E-state index in [-0.39, 0.29) is 0 Å². The molecule has 94 valence electrons. The summed E-state index contributed by atoms with van der Waals surface area (Å²) < 4.78 is 0. The normalized spacial score (nSPS) is 11.5. The Bertz CT molecular complexity index is 739. The van der Waals surface area contributed by atoms with Crippen molar-refractivity contribution in [1.29, 1.82) is 0 Å². The third-order valence-electron chi connectivity index (χ3n) is 2.82. The average molecular weight is 289 g/mol. The first-order valence-electron chi connectivity index (χ1n) is 5.79. The van der Waals surface area contributed by atoms with Crippen molar-refractivity contribution in [2.24, 2.45) is 4.99 Å². The van der Waals surface area contributed by atoms with Crippen LogP contribution in [0.4, 0.5) is 5.69 Å². The van der Waals surface area contributed by atoms with E-state index >= 15 is 0 Å². The number of para-hydroxylation sites is 1. The largest absolute Gasteiger partial charge is 0.361 e. The standard InChI is InChI=1S/C15H10Cl2N2/c16-11-5-12(17)7-13(6-11)18-8-10-9-19-15-4-2-1-3-14(10)15/h1-9,19H/b18-8+. The molecule has 0 aliphatic heterocycles. The topological polar surface area (TPSA) is 28.1 Å². The molecule has 0 atom stereocenters. The van der Waals surface area contributed by atoms with E-state index in [2.05, 4.69) is 16.0 Å². The Morgan fingerprint density at radius 1 is 1.00 bits per heavy atom. The second-order valence-electron chi connectivity index (χ2n) is 4.18. The van der Waals surface area contributed by atoms with Gasteiger partial charge in [-0.25, -0.2) is 0 Å². The van der Waals surface area contributed by atoms with Crippen LogP contribution in [0.15, 0.2) is 53.7 Å². The summed E-state index contributed by atoms with van der Waals surface area (Å²) in [4.78, 5) is 7.61. The molecule has 0 radical (unpaired) electrons. The number of rotatable bonds is 2. The van der Waals surface area contributed by atoms with Crippen LogP contribution in [-0.4, -0.2) is 11.2 Å². The Morgan fingerprint density at radius 3 is 2.53 bits per heavy atom. The van der Waals surface area contributed by atoms with Gasteiger partial charge in [0, 0.05) is 38.9 Å². The van der Waals surface area contributed by atoms with Crippen molar-refractivity contribution < 1.29 is 0 Å². The highest BCUT2D eigenvalue weighted by atomic mass is 35.5. The van der Waals surface area contributed by atoms with E-state index in [1.807, 2.05) is 24.4 Å². The lowest BCUT2D eigenvalue weighted by molar-refractivity contribution is 1.47. The molecule has 1 N–H and O–H groups in total. The van der Waals surface area contributed by atoms with Crippen molar-refractivity contribution >= 4 is 46.0 Å². The molecule has 0 aliphatic rings. The maximum atomic E-state index is 5.94. The van der Waals surface area contributed by atoms with Crippen molar-refractivity contribution in [1.82, 2.24) is 4.98 Å². The van der Waals surface area contributed by atoms with Crippen LogP contribution in [0.3, 0.4) is 0 Å². The highest BCUT2D eigenvalue weighted by Gasteiger charge is 2.00. The van der Waals surface area contributed by atoms with Gasteiger partial charge in [-0.3, -0.25) is 4.99 Å². The molecule has 3 aromatic rings. The van der Waals surface area contributed by atoms with E-state index in [1.54, 1.807) is 24.4 Å². The lowest BCUT2D eigenvalue weighted by Crippen LogP contribution is -1.77. The molecule has 1 aromatic heterocycles. The van der Waals surface area contributed by atoms with Gasteiger partial charge < -0.3 is 4.98 Å². The molecule has 0 saturated heterocycles. The first-order chi connectivity index (χ1) is 9.22. The van der Waals surface area contributed by atoms with Crippen molar-refractivity contribution in [3.05, 3.63) is 64.3 Å². The van der Waals surface area contributed by atoms with Crippen LogP contribution in [0.2, 0.25) is 10.0 Å². The first-order valence-corrected chi connectivity index (χ1v) is 6.54. The number of halogens is 2. The van der Waals surface area contributed by atoms with Gasteiger partial charge in [-0.2, -0.15) is 0 Å². The molecule has 3 rings (SSSR count). The molecule has 0 amide bonds. The number of H-pyrrole nitrogens is 1. The van der Waals surface area contributed by atoms with Gasteiger partial charge in [0.05, 0.1) is 5.69 Å². The molecule has 0 fully saturated rings. The minimum atomic E-state index is 0.582. The molecular formula is C15H10Cl2N2. The van der Waals surface area contributed by atoms with Crippen LogP contribution in [-0.2, 0) is 0 Å². The number of hydrogen-bond acceptors (Lipinski definition) is 1. The molecule has 1 heterocycles. The van der Waals surface area contributed by atoms with E-state index in [4.69, 9.17) is 23.2 Å². The summed E-state index contributed by atoms with van der Waals surface area (Å²) in [5.41, 5.74) is 2.86. The zero-order chi connectivity index (χ0) is 13.2. The summed E-state index contributed by atoms with van der Waals surface area (Å²) in [5, 5.41) is 2.30. The molecule has 0 saturated carbocycles. The predicted molar refractivity (Wildman–Crippen MR) is 82.0 cm³/mol. The van der Waals surface area contributed by atoms with Gasteiger partial charge in [0.25, 0.3) is 0 Å². The second kappa shape index (κ2) is 5.08. The van der Waals surface area contributed by atoms with Gasteiger partial charge in [0.2, 0.25) is 0 Å². The average Bonchev–Trinajstić information content (AvgIpc) is 2.78. The summed E-state index contributed by atoms with van der Waals surface area (Å²) in [6.07, 6.45) is 3.74. The fourth-order valence-corrected chi connectivity index (χ4v) is 2.47. The summed E-state index contributed by atoms with van der Waals surface area (Å²) in [6.45, 7) is 0. The highest BCUT2D eigenvalue weighted by molar-refractivity contribution is 6.35. The van der Waals surface area contributed by atoms with Crippen molar-refractivity contribution in [3.63, 3.8) is 0 Å². The summed E-state index contributed by atoms with van der Waals surface area (Å²) >= 11 is 11.9. The van der Waals surface area contributed by atoms with Crippen LogP contribution in [0.1, 0.15) is 5.56 Å². The quantitative estimate of drug-likeness (QED) is 0.626. The number of nitrogens with zero attached hydrogens (tertiary/aromatic N) is 1. The lowest BCUT2D eigenvalue weighted by atomic mass is 10.2. The van der Waals surface area contributed by atoms with E-state index in [9.17, 15) is 0 Å². The Hall–Kier alpha value is -1.77. The monoisotopic (exact) mass is 288 g/mol. The van der Waals surface area contributed by atoms with E-state index in [0.717, 1.165) is 22.2 Å². The smallest absolute Gasteiger partial charge is 0.0659 e. The number of aromatic nitrogens is 1. The van der Waals surface area contributed by atoms with Gasteiger partial charge in [0.15, 0.2) is 0 Å². The first kappa shape index (κ1) is 12.3. The van der Waals surface area contributed by atoms with Gasteiger partial charge in [-0.05, 0) is 24.3 Å². The minimum absolute atomic E-state index is 0.582. The molecule has 0 spiro atoms. The number of aliphatic imine (C=N–C) groups is 1. The van der Waals surface area contributed by atoms with Gasteiger partial charge in [-0.15, -0.1) is 0 Å². The Balaban J connectivity index is 1.98. The van der Waals surface area contributed by atoms with E-state index in [1.165, 1.54) is 0 Å². The summed E-state index contributed by atoms with van der Waals surface area (Å²) in [5.74, 6) is 0. The van der Waals surface area contributed by atoms with Gasteiger partial charge in [-0.1, -0.05) is 41.4 Å². The number of nitrogens with one attached hydrogen (secondary N) is 1. The molecule has 0 bridgehead atoms. The maximum Gasteiger partial charge on any atom is 0.0659 e. The zero-order valence-electron chi connectivity index (χ0n) is 9.90. The molecule has 0 unspecified atom stereocenters. The molecule has 2 aromatic carbocycles. The third-order valence-corrected chi connectivity index (χ3v) is 3.26. The predicted octanol–water partition coefficient (Wildman–Crippen LogP) is 5.23. The van der Waals surface area contributed by atoms with Crippen molar-refractivity contribution in [2.45, 2.75) is 0 Å². The van der Waals surface area contributed by atoms with Crippen LogP contribution in [0.25, 0.3) is 10.9 Å². The maximum absolute atomic E-state index is 5.94. The number of hydrogen-bond donors (Lipinski definition) is 1. The SMILES string of the molecule is Clc1cc(Cl)cc(/N=C/c2c[nH]c3ccccc23)c1. The molecular weight excluding hydrogens is 279 g/mol. The van der Waals surface area contributed by atoms with Crippen molar-refractivity contribution in [2.75, 3.05) is 0 Å². The lowest BCUT2D eigenvalue weighted by Gasteiger charge is -1.96. The number of aromatic amines is 1. The Kier molecular flexibility index (Phi) is 3.28. The zero-order valence-corrected chi connectivity index (χ0v) is 11.4. The Labute approximate surface area is 120 Å². The molecule has 2 nitrogen and oxygen atoms in total. The van der Waals surface area contributed by atoms with E-state index < -0.39 is 0 Å².